The average Bonchev–Trinajstić information content (AvgIpc) is 0. The maximum absolute atomic E-state index is 0. The first kappa shape index (κ1) is 37.0. The van der Waals surface area contributed by atoms with Crippen molar-refractivity contribution in [2.75, 3.05) is 0 Å². The van der Waals surface area contributed by atoms with Gasteiger partial charge in [-0.05, 0) is 0 Å². The third kappa shape index (κ3) is 18.2. The molecule has 0 nitrogen and oxygen atoms in total. The zero-order valence-corrected chi connectivity index (χ0v) is 15.5. The number of rotatable bonds is 0. The Morgan fingerprint density at radius 1 is 1.20 bits per heavy atom. The van der Waals surface area contributed by atoms with Gasteiger partial charge in [0.05, 0.1) is 0 Å². The van der Waals surface area contributed by atoms with E-state index in [0.29, 0.717) is 0 Å². The molecular weight excluding hydrogens is 352 g/mol. The van der Waals surface area contributed by atoms with Crippen molar-refractivity contribution in [3.05, 3.63) is 0 Å². The molecule has 0 aliphatic carbocycles. The normalized spacial score (nSPS) is 0. The molecule has 4 radical (unpaired) electrons. The predicted octanol–water partition coefficient (Wildman–Crippen LogP) is -1.08. The SMILES string of the molecule is [H-].[H-].[Mg+2].[Mn].[SnH2].[Y].[Zn]. The molecule has 22 valence electrons. The van der Waals surface area contributed by atoms with E-state index < -0.39 is 0 Å². The van der Waals surface area contributed by atoms with Crippen LogP contribution in [0.5, 0.6) is 0 Å². The van der Waals surface area contributed by atoms with E-state index in [1.807, 2.05) is 0 Å². The summed E-state index contributed by atoms with van der Waals surface area (Å²) in [5.74, 6) is 0. The van der Waals surface area contributed by atoms with E-state index in [2.05, 4.69) is 0 Å². The van der Waals surface area contributed by atoms with E-state index in [9.17, 15) is 0 Å². The summed E-state index contributed by atoms with van der Waals surface area (Å²) in [4.78, 5) is 0. The fraction of sp³-hybridized carbons (Fsp3) is 0. The van der Waals surface area contributed by atoms with Crippen LogP contribution in [0.25, 0.3) is 0 Å². The molecule has 0 aliphatic rings. The van der Waals surface area contributed by atoms with E-state index in [-0.39, 0.29) is 119 Å². The minimum atomic E-state index is 0. The van der Waals surface area contributed by atoms with Crippen LogP contribution in [-0.4, -0.2) is 47.0 Å². The average molecular weight is 356 g/mol. The van der Waals surface area contributed by atoms with Crippen molar-refractivity contribution in [3.63, 3.8) is 0 Å². The minimum Gasteiger partial charge on any atom is 0 e. The van der Waals surface area contributed by atoms with Gasteiger partial charge in [-0.2, -0.15) is 0 Å². The van der Waals surface area contributed by atoms with Gasteiger partial charge < -0.3 is 2.85 Å². The van der Waals surface area contributed by atoms with E-state index in [1.54, 1.807) is 0 Å². The van der Waals surface area contributed by atoms with E-state index in [1.165, 1.54) is 0 Å². The molecule has 0 fully saturated rings. The summed E-state index contributed by atoms with van der Waals surface area (Å²) in [5, 5.41) is 0. The fourth-order valence-corrected chi connectivity index (χ4v) is 0. The van der Waals surface area contributed by atoms with Crippen LogP contribution in [0, 0.1) is 0 Å². The molecule has 0 aromatic carbocycles. The standard InChI is InChI=1S/Mg.Mn.Sn.Y.Zn.4H/q+2;;;;;;;2*-1. The number of hydrogen-bond acceptors (Lipinski definition) is 0. The zero-order chi connectivity index (χ0) is 0. The molecule has 0 saturated carbocycles. The Labute approximate surface area is 117 Å². The van der Waals surface area contributed by atoms with Crippen molar-refractivity contribution in [2.45, 2.75) is 0 Å². The van der Waals surface area contributed by atoms with Crippen LogP contribution in [-0.2, 0) is 69.3 Å². The first-order valence-corrected chi connectivity index (χ1v) is 0. The molecule has 0 atom stereocenters. The molecular formula is H4MgMnSnYZn. The van der Waals surface area contributed by atoms with Gasteiger partial charge in [0, 0.05) is 69.3 Å². The molecule has 0 saturated heterocycles. The van der Waals surface area contributed by atoms with Gasteiger partial charge in [-0.1, -0.05) is 0 Å². The van der Waals surface area contributed by atoms with Crippen molar-refractivity contribution in [1.82, 2.24) is 0 Å². The van der Waals surface area contributed by atoms with Gasteiger partial charge in [-0.3, -0.25) is 0 Å². The summed E-state index contributed by atoms with van der Waals surface area (Å²) >= 11 is 0. The van der Waals surface area contributed by atoms with Crippen LogP contribution in [0.1, 0.15) is 2.85 Å². The van der Waals surface area contributed by atoms with E-state index >= 15 is 0 Å². The molecule has 0 spiro atoms. The van der Waals surface area contributed by atoms with Gasteiger partial charge in [0.2, 0.25) is 0 Å². The zero-order valence-electron chi connectivity index (χ0n) is 5.08. The Morgan fingerprint density at radius 3 is 1.20 bits per heavy atom. The molecule has 0 unspecified atom stereocenters. The van der Waals surface area contributed by atoms with Gasteiger partial charge >= 0.3 is 47.0 Å². The van der Waals surface area contributed by atoms with Gasteiger partial charge in [-0.25, -0.2) is 0 Å². The third-order valence-corrected chi connectivity index (χ3v) is 0. The molecule has 0 heterocycles. The second-order valence-corrected chi connectivity index (χ2v) is 0. The van der Waals surface area contributed by atoms with Gasteiger partial charge in [0.15, 0.2) is 0 Å². The Hall–Kier alpha value is 3.81. The minimum absolute atomic E-state index is 0. The maximum atomic E-state index is 0. The number of hydrogen-bond donors (Lipinski definition) is 0. The largest absolute Gasteiger partial charge is 0 e. The Bertz CT molecular complexity index is 17.7. The van der Waals surface area contributed by atoms with Crippen LogP contribution in [0.2, 0.25) is 0 Å². The summed E-state index contributed by atoms with van der Waals surface area (Å²) in [6, 6.07) is 0. The van der Waals surface area contributed by atoms with Crippen LogP contribution in [0.15, 0.2) is 0 Å². The van der Waals surface area contributed by atoms with Crippen molar-refractivity contribution in [1.29, 1.82) is 0 Å². The van der Waals surface area contributed by atoms with Gasteiger partial charge in [0.25, 0.3) is 0 Å². The van der Waals surface area contributed by atoms with Gasteiger partial charge in [-0.15, -0.1) is 0 Å². The summed E-state index contributed by atoms with van der Waals surface area (Å²) < 4.78 is 0. The first-order chi connectivity index (χ1) is 0. The van der Waals surface area contributed by atoms with Crippen LogP contribution in [0.3, 0.4) is 0 Å². The van der Waals surface area contributed by atoms with E-state index in [4.69, 9.17) is 0 Å². The van der Waals surface area contributed by atoms with Crippen LogP contribution < -0.4 is 0 Å². The van der Waals surface area contributed by atoms with E-state index in [0.717, 1.165) is 0 Å². The summed E-state index contributed by atoms with van der Waals surface area (Å²) in [5.41, 5.74) is 0. The fourth-order valence-electron chi connectivity index (χ4n) is 0. The Kier molecular flexibility index (Phi) is 185. The Balaban J connectivity index is 0. The molecule has 0 amide bonds. The molecule has 0 bridgehead atoms. The molecule has 0 aromatic heterocycles. The summed E-state index contributed by atoms with van der Waals surface area (Å²) in [6.45, 7) is 0. The Morgan fingerprint density at radius 2 is 1.20 bits per heavy atom. The summed E-state index contributed by atoms with van der Waals surface area (Å²) in [7, 11) is 0. The molecule has 0 rings (SSSR count). The van der Waals surface area contributed by atoms with Crippen LogP contribution in [0.4, 0.5) is 0 Å². The second kappa shape index (κ2) is 24.9. The quantitative estimate of drug-likeness (QED) is 0.485. The van der Waals surface area contributed by atoms with Crippen molar-refractivity contribution < 1.29 is 72.1 Å². The molecule has 0 N–H and O–H groups in total. The smallest absolute Gasteiger partial charge is 0 e. The monoisotopic (exact) mass is 356 g/mol. The van der Waals surface area contributed by atoms with Crippen molar-refractivity contribution in [3.8, 4) is 0 Å². The molecule has 5 heavy (non-hydrogen) atoms. The predicted molar refractivity (Wildman–Crippen MR) is 16.5 cm³/mol. The first-order valence-electron chi connectivity index (χ1n) is 0. The summed E-state index contributed by atoms with van der Waals surface area (Å²) in [6.07, 6.45) is 0. The third-order valence-electron chi connectivity index (χ3n) is 0. The van der Waals surface area contributed by atoms with Gasteiger partial charge in [0.1, 0.15) is 0 Å². The van der Waals surface area contributed by atoms with Crippen molar-refractivity contribution in [2.24, 2.45) is 0 Å². The molecule has 0 aliphatic heterocycles. The van der Waals surface area contributed by atoms with Crippen LogP contribution >= 0.6 is 0 Å². The maximum Gasteiger partial charge on any atom is 0 e. The molecule has 5 heteroatoms. The topological polar surface area (TPSA) is 0 Å². The van der Waals surface area contributed by atoms with Crippen molar-refractivity contribution >= 4 is 47.0 Å². The molecule has 0 aromatic rings. The second-order valence-electron chi connectivity index (χ2n) is 0.